The largest absolute Gasteiger partial charge is 0.382 e. The van der Waals surface area contributed by atoms with E-state index >= 15 is 0 Å². The van der Waals surface area contributed by atoms with E-state index in [1.54, 1.807) is 17.5 Å². The quantitative estimate of drug-likeness (QED) is 0.497. The fraction of sp³-hybridized carbons (Fsp3) is 0.318. The molecule has 4 aromatic rings. The van der Waals surface area contributed by atoms with E-state index in [0.29, 0.717) is 11.6 Å². The van der Waals surface area contributed by atoms with Gasteiger partial charge < -0.3 is 5.32 Å². The van der Waals surface area contributed by atoms with Crippen molar-refractivity contribution >= 4 is 22.5 Å². The number of hydrogen-bond donors (Lipinski definition) is 1. The molecule has 0 unspecified atom stereocenters. The second-order valence-corrected chi connectivity index (χ2v) is 8.11. The molecule has 1 aliphatic rings. The van der Waals surface area contributed by atoms with Crippen molar-refractivity contribution in [2.75, 3.05) is 5.32 Å². The van der Waals surface area contributed by atoms with Crippen molar-refractivity contribution < 1.29 is 0 Å². The van der Waals surface area contributed by atoms with E-state index in [-0.39, 0.29) is 0 Å². The summed E-state index contributed by atoms with van der Waals surface area (Å²) in [7, 11) is 0. The Bertz CT molecular complexity index is 1210. The molecule has 0 amide bonds. The minimum atomic E-state index is 0.489. The molecule has 0 atom stereocenters. The SMILES string of the molecule is CC.Cc1nnc(-c2cnc(-c3ccc4cc(C#N)cnn34)cc2NC2CCC2)s1. The fourth-order valence-electron chi connectivity index (χ4n) is 3.32. The molecule has 1 aliphatic carbocycles. The molecule has 4 heterocycles. The van der Waals surface area contributed by atoms with Crippen molar-refractivity contribution in [3.05, 3.63) is 47.2 Å². The Morgan fingerprint density at radius 1 is 1.17 bits per heavy atom. The predicted octanol–water partition coefficient (Wildman–Crippen LogP) is 5.09. The molecule has 0 spiro atoms. The average molecular weight is 418 g/mol. The first kappa shape index (κ1) is 20.0. The molecule has 0 aromatic carbocycles. The van der Waals surface area contributed by atoms with E-state index in [4.69, 9.17) is 5.26 Å². The number of rotatable bonds is 4. The number of anilines is 1. The maximum Gasteiger partial charge on any atom is 0.151 e. The summed E-state index contributed by atoms with van der Waals surface area (Å²) in [4.78, 5) is 4.68. The zero-order valence-electron chi connectivity index (χ0n) is 17.3. The highest BCUT2D eigenvalue weighted by Crippen LogP contribution is 2.35. The van der Waals surface area contributed by atoms with Crippen molar-refractivity contribution in [2.45, 2.75) is 46.1 Å². The summed E-state index contributed by atoms with van der Waals surface area (Å²) in [6, 6.07) is 10.4. The Hall–Kier alpha value is -3.31. The third-order valence-corrected chi connectivity index (χ3v) is 5.89. The van der Waals surface area contributed by atoms with Gasteiger partial charge in [-0.15, -0.1) is 10.2 Å². The molecule has 5 rings (SSSR count). The van der Waals surface area contributed by atoms with Gasteiger partial charge in [0.25, 0.3) is 0 Å². The van der Waals surface area contributed by atoms with Gasteiger partial charge in [0.1, 0.15) is 11.1 Å². The summed E-state index contributed by atoms with van der Waals surface area (Å²) in [5.74, 6) is 0. The van der Waals surface area contributed by atoms with E-state index in [2.05, 4.69) is 37.7 Å². The molecule has 1 fully saturated rings. The molecule has 8 heteroatoms. The number of nitrogens with zero attached hydrogens (tertiary/aromatic N) is 6. The lowest BCUT2D eigenvalue weighted by atomic mass is 9.92. The lowest BCUT2D eigenvalue weighted by molar-refractivity contribution is 0.445. The van der Waals surface area contributed by atoms with Crippen molar-refractivity contribution in [3.63, 3.8) is 0 Å². The van der Waals surface area contributed by atoms with E-state index in [1.807, 2.05) is 49.7 Å². The van der Waals surface area contributed by atoms with Crippen LogP contribution in [0.4, 0.5) is 5.69 Å². The number of aryl methyl sites for hydroxylation is 1. The number of pyridine rings is 1. The van der Waals surface area contributed by atoms with Gasteiger partial charge >= 0.3 is 0 Å². The second kappa shape index (κ2) is 8.59. The van der Waals surface area contributed by atoms with Crippen LogP contribution in [0.3, 0.4) is 0 Å². The van der Waals surface area contributed by atoms with Gasteiger partial charge in [-0.25, -0.2) is 4.52 Å². The standard InChI is InChI=1S/C20H17N7S.C2H6/c1-12-25-26-20(28-12)16-11-22-18(8-17(16)24-14-3-2-4-14)19-6-5-15-7-13(9-21)10-23-27(15)19;1-2/h5-8,10-11,14H,2-4H2,1H3,(H,22,24);1-2H3. The van der Waals surface area contributed by atoms with Crippen LogP contribution in [0.5, 0.6) is 0 Å². The number of hydrogen-bond acceptors (Lipinski definition) is 7. The third-order valence-electron chi connectivity index (χ3n) is 5.02. The maximum absolute atomic E-state index is 9.08. The second-order valence-electron chi connectivity index (χ2n) is 6.92. The van der Waals surface area contributed by atoms with E-state index in [1.165, 1.54) is 19.3 Å². The van der Waals surface area contributed by atoms with Crippen LogP contribution in [0.2, 0.25) is 0 Å². The van der Waals surface area contributed by atoms with Gasteiger partial charge in [-0.3, -0.25) is 4.98 Å². The Balaban J connectivity index is 0.00000106. The van der Waals surface area contributed by atoms with Gasteiger partial charge in [0, 0.05) is 17.9 Å². The molecular formula is C22H23N7S. The van der Waals surface area contributed by atoms with Gasteiger partial charge in [-0.2, -0.15) is 10.4 Å². The molecule has 0 radical (unpaired) electrons. The van der Waals surface area contributed by atoms with Gasteiger partial charge in [-0.05, 0) is 50.5 Å². The average Bonchev–Trinajstić information content (AvgIpc) is 3.37. The van der Waals surface area contributed by atoms with Crippen LogP contribution < -0.4 is 5.32 Å². The Labute approximate surface area is 179 Å². The molecule has 0 saturated heterocycles. The van der Waals surface area contributed by atoms with Crippen LogP contribution in [0, 0.1) is 18.3 Å². The number of aromatic nitrogens is 5. The van der Waals surface area contributed by atoms with Crippen molar-refractivity contribution in [1.82, 2.24) is 24.8 Å². The summed E-state index contributed by atoms with van der Waals surface area (Å²) in [6.07, 6.45) is 7.05. The molecule has 4 aromatic heterocycles. The highest BCUT2D eigenvalue weighted by Gasteiger charge is 2.21. The highest BCUT2D eigenvalue weighted by molar-refractivity contribution is 7.14. The topological polar surface area (TPSA) is 91.8 Å². The van der Waals surface area contributed by atoms with Crippen LogP contribution in [0.15, 0.2) is 36.7 Å². The van der Waals surface area contributed by atoms with Gasteiger partial charge in [-0.1, -0.05) is 25.2 Å². The summed E-state index contributed by atoms with van der Waals surface area (Å²) >= 11 is 1.57. The lowest BCUT2D eigenvalue weighted by Crippen LogP contribution is -2.27. The Morgan fingerprint density at radius 2 is 2.00 bits per heavy atom. The van der Waals surface area contributed by atoms with Crippen LogP contribution in [-0.2, 0) is 0 Å². The normalized spacial score (nSPS) is 13.3. The summed E-state index contributed by atoms with van der Waals surface area (Å²) < 4.78 is 1.81. The number of fused-ring (bicyclic) bond motifs is 1. The maximum atomic E-state index is 9.08. The number of nitrogens with one attached hydrogen (secondary N) is 1. The highest BCUT2D eigenvalue weighted by atomic mass is 32.1. The molecule has 30 heavy (non-hydrogen) atoms. The smallest absolute Gasteiger partial charge is 0.151 e. The molecule has 0 bridgehead atoms. The predicted molar refractivity (Wildman–Crippen MR) is 119 cm³/mol. The van der Waals surface area contributed by atoms with Crippen LogP contribution in [0.25, 0.3) is 27.5 Å². The van der Waals surface area contributed by atoms with Gasteiger partial charge in [0.05, 0.1) is 34.2 Å². The van der Waals surface area contributed by atoms with Crippen LogP contribution >= 0.6 is 11.3 Å². The first-order valence-corrected chi connectivity index (χ1v) is 11.0. The van der Waals surface area contributed by atoms with Crippen LogP contribution in [-0.4, -0.2) is 30.8 Å². The lowest BCUT2D eigenvalue weighted by Gasteiger charge is -2.28. The zero-order valence-corrected chi connectivity index (χ0v) is 18.1. The van der Waals surface area contributed by atoms with Crippen molar-refractivity contribution in [3.8, 4) is 28.0 Å². The molecule has 1 N–H and O–H groups in total. The molecule has 7 nitrogen and oxygen atoms in total. The molecule has 152 valence electrons. The van der Waals surface area contributed by atoms with Crippen molar-refractivity contribution in [1.29, 1.82) is 5.26 Å². The summed E-state index contributed by atoms with van der Waals surface area (Å²) in [5, 5.41) is 27.4. The van der Waals surface area contributed by atoms with Gasteiger partial charge in [0.15, 0.2) is 5.01 Å². The zero-order chi connectivity index (χ0) is 21.1. The molecular weight excluding hydrogens is 394 g/mol. The van der Waals surface area contributed by atoms with Gasteiger partial charge in [0.2, 0.25) is 0 Å². The summed E-state index contributed by atoms with van der Waals surface area (Å²) in [6.45, 7) is 5.95. The number of nitriles is 1. The van der Waals surface area contributed by atoms with E-state index in [9.17, 15) is 0 Å². The Morgan fingerprint density at radius 3 is 2.67 bits per heavy atom. The minimum Gasteiger partial charge on any atom is -0.382 e. The minimum absolute atomic E-state index is 0.489. The first-order chi connectivity index (χ1) is 14.7. The fourth-order valence-corrected chi connectivity index (χ4v) is 4.03. The van der Waals surface area contributed by atoms with E-state index in [0.717, 1.165) is 38.2 Å². The third kappa shape index (κ3) is 3.76. The summed E-state index contributed by atoms with van der Waals surface area (Å²) in [5.41, 5.74) is 5.11. The van der Waals surface area contributed by atoms with E-state index < -0.39 is 0 Å². The first-order valence-electron chi connectivity index (χ1n) is 10.2. The van der Waals surface area contributed by atoms with Crippen molar-refractivity contribution in [2.24, 2.45) is 0 Å². The Kier molecular flexibility index (Phi) is 5.72. The molecule has 1 saturated carbocycles. The van der Waals surface area contributed by atoms with Crippen LogP contribution in [0.1, 0.15) is 43.7 Å². The molecule has 0 aliphatic heterocycles. The monoisotopic (exact) mass is 417 g/mol.